The van der Waals surface area contributed by atoms with Crippen LogP contribution in [-0.4, -0.2) is 6.54 Å². The van der Waals surface area contributed by atoms with Gasteiger partial charge in [-0.25, -0.2) is 4.39 Å². The van der Waals surface area contributed by atoms with Crippen LogP contribution in [0, 0.1) is 18.2 Å². The number of hydrogen-bond donors (Lipinski definition) is 1. The van der Waals surface area contributed by atoms with Gasteiger partial charge in [0.1, 0.15) is 5.82 Å². The Morgan fingerprint density at radius 1 is 1.22 bits per heavy atom. The molecular formula is C16H24FN. The van der Waals surface area contributed by atoms with E-state index in [0.29, 0.717) is 5.41 Å². The summed E-state index contributed by atoms with van der Waals surface area (Å²) in [5.74, 6) is -0.0989. The number of hydrogen-bond acceptors (Lipinski definition) is 1. The minimum absolute atomic E-state index is 0.0989. The van der Waals surface area contributed by atoms with Crippen molar-refractivity contribution in [2.75, 3.05) is 6.54 Å². The summed E-state index contributed by atoms with van der Waals surface area (Å²) < 4.78 is 13.4. The lowest BCUT2D eigenvalue weighted by Gasteiger charge is -2.33. The van der Waals surface area contributed by atoms with Crippen LogP contribution >= 0.6 is 0 Å². The number of benzene rings is 1. The normalized spacial score (nSPS) is 18.8. The highest BCUT2D eigenvalue weighted by Crippen LogP contribution is 2.34. The van der Waals surface area contributed by atoms with Gasteiger partial charge in [0.15, 0.2) is 0 Å². The van der Waals surface area contributed by atoms with Crippen LogP contribution in [0.4, 0.5) is 4.39 Å². The Hall–Kier alpha value is -0.890. The predicted octanol–water partition coefficient (Wildman–Crippen LogP) is 4.19. The Bertz CT molecular complexity index is 394. The average Bonchev–Trinajstić information content (AvgIpc) is 2.34. The van der Waals surface area contributed by atoms with E-state index in [1.54, 1.807) is 13.0 Å². The summed E-state index contributed by atoms with van der Waals surface area (Å²) in [4.78, 5) is 0. The monoisotopic (exact) mass is 249 g/mol. The van der Waals surface area contributed by atoms with Gasteiger partial charge in [-0.15, -0.1) is 0 Å². The van der Waals surface area contributed by atoms with Gasteiger partial charge in [0.25, 0.3) is 0 Å². The van der Waals surface area contributed by atoms with Gasteiger partial charge in [-0.3, -0.25) is 0 Å². The molecule has 18 heavy (non-hydrogen) atoms. The maximum atomic E-state index is 13.4. The molecule has 0 amide bonds. The first-order chi connectivity index (χ1) is 8.59. The van der Waals surface area contributed by atoms with Gasteiger partial charge in [0.2, 0.25) is 0 Å². The summed E-state index contributed by atoms with van der Waals surface area (Å²) in [6.07, 6.45) is 6.75. The molecule has 1 saturated carbocycles. The first-order valence-corrected chi connectivity index (χ1v) is 7.05. The summed E-state index contributed by atoms with van der Waals surface area (Å²) in [5.41, 5.74) is 2.21. The fourth-order valence-corrected chi connectivity index (χ4v) is 2.84. The van der Waals surface area contributed by atoms with Crippen LogP contribution in [0.5, 0.6) is 0 Å². The van der Waals surface area contributed by atoms with Gasteiger partial charge in [-0.05, 0) is 42.4 Å². The van der Waals surface area contributed by atoms with Crippen molar-refractivity contribution < 1.29 is 4.39 Å². The van der Waals surface area contributed by atoms with Gasteiger partial charge in [0.05, 0.1) is 0 Å². The van der Waals surface area contributed by atoms with E-state index in [1.165, 1.54) is 32.1 Å². The second-order valence-corrected chi connectivity index (χ2v) is 6.06. The molecule has 1 aliphatic rings. The molecule has 0 unspecified atom stereocenters. The minimum atomic E-state index is -0.0989. The molecule has 1 fully saturated rings. The summed E-state index contributed by atoms with van der Waals surface area (Å²) in [6, 6.07) is 5.51. The van der Waals surface area contributed by atoms with Crippen LogP contribution in [0.1, 0.15) is 50.2 Å². The molecule has 0 saturated heterocycles. The fourth-order valence-electron chi connectivity index (χ4n) is 2.84. The summed E-state index contributed by atoms with van der Waals surface area (Å²) in [7, 11) is 0. The maximum absolute atomic E-state index is 13.4. The molecule has 1 aromatic rings. The molecule has 0 heterocycles. The third-order valence-corrected chi connectivity index (χ3v) is 4.18. The van der Waals surface area contributed by atoms with E-state index in [2.05, 4.69) is 12.2 Å². The predicted molar refractivity (Wildman–Crippen MR) is 74.0 cm³/mol. The standard InChI is InChI=1S/C16H24FN/c1-13-6-7-14(10-15(13)17)11-18-12-16(2)8-4-3-5-9-16/h6-7,10,18H,3-5,8-9,11-12H2,1-2H3. The van der Waals surface area contributed by atoms with E-state index < -0.39 is 0 Å². The lowest BCUT2D eigenvalue weighted by Crippen LogP contribution is -2.33. The van der Waals surface area contributed by atoms with Gasteiger partial charge in [0, 0.05) is 13.1 Å². The lowest BCUT2D eigenvalue weighted by molar-refractivity contribution is 0.207. The highest BCUT2D eigenvalue weighted by molar-refractivity contribution is 5.23. The summed E-state index contributed by atoms with van der Waals surface area (Å²) in [6.45, 7) is 5.99. The Labute approximate surface area is 110 Å². The highest BCUT2D eigenvalue weighted by atomic mass is 19.1. The van der Waals surface area contributed by atoms with Gasteiger partial charge < -0.3 is 5.32 Å². The first kappa shape index (κ1) is 13.5. The van der Waals surface area contributed by atoms with Crippen molar-refractivity contribution in [2.24, 2.45) is 5.41 Å². The molecular weight excluding hydrogens is 225 g/mol. The van der Waals surface area contributed by atoms with E-state index in [-0.39, 0.29) is 5.82 Å². The molecule has 1 nitrogen and oxygen atoms in total. The highest BCUT2D eigenvalue weighted by Gasteiger charge is 2.25. The minimum Gasteiger partial charge on any atom is -0.312 e. The maximum Gasteiger partial charge on any atom is 0.126 e. The van der Waals surface area contributed by atoms with E-state index in [1.807, 2.05) is 12.1 Å². The molecule has 0 aromatic heterocycles. The van der Waals surface area contributed by atoms with Crippen LogP contribution in [0.25, 0.3) is 0 Å². The van der Waals surface area contributed by atoms with Crippen molar-refractivity contribution in [3.05, 3.63) is 35.1 Å². The second kappa shape index (κ2) is 5.83. The number of nitrogens with one attached hydrogen (secondary N) is 1. The zero-order chi connectivity index (χ0) is 13.0. The summed E-state index contributed by atoms with van der Waals surface area (Å²) in [5, 5.41) is 3.49. The average molecular weight is 249 g/mol. The van der Waals surface area contributed by atoms with Crippen molar-refractivity contribution in [1.29, 1.82) is 0 Å². The van der Waals surface area contributed by atoms with Crippen LogP contribution in [0.15, 0.2) is 18.2 Å². The fraction of sp³-hybridized carbons (Fsp3) is 0.625. The van der Waals surface area contributed by atoms with E-state index in [9.17, 15) is 4.39 Å². The molecule has 1 N–H and O–H groups in total. The van der Waals surface area contributed by atoms with Crippen LogP contribution in [-0.2, 0) is 6.54 Å². The van der Waals surface area contributed by atoms with Crippen molar-refractivity contribution in [2.45, 2.75) is 52.5 Å². The Morgan fingerprint density at radius 3 is 2.61 bits per heavy atom. The molecule has 0 bridgehead atoms. The quantitative estimate of drug-likeness (QED) is 0.843. The van der Waals surface area contributed by atoms with E-state index in [0.717, 1.165) is 24.2 Å². The number of halogens is 1. The van der Waals surface area contributed by atoms with Gasteiger partial charge in [-0.1, -0.05) is 38.3 Å². The smallest absolute Gasteiger partial charge is 0.126 e. The Balaban J connectivity index is 1.82. The molecule has 2 rings (SSSR count). The molecule has 1 aromatic carbocycles. The molecule has 0 radical (unpaired) electrons. The number of aryl methyl sites for hydroxylation is 1. The lowest BCUT2D eigenvalue weighted by atomic mass is 9.76. The topological polar surface area (TPSA) is 12.0 Å². The molecule has 1 aliphatic carbocycles. The van der Waals surface area contributed by atoms with Crippen LogP contribution in [0.3, 0.4) is 0 Å². The third-order valence-electron chi connectivity index (χ3n) is 4.18. The zero-order valence-electron chi connectivity index (χ0n) is 11.6. The first-order valence-electron chi connectivity index (χ1n) is 7.05. The molecule has 2 heteroatoms. The Morgan fingerprint density at radius 2 is 1.94 bits per heavy atom. The van der Waals surface area contributed by atoms with E-state index >= 15 is 0 Å². The second-order valence-electron chi connectivity index (χ2n) is 6.06. The number of rotatable bonds is 4. The van der Waals surface area contributed by atoms with E-state index in [4.69, 9.17) is 0 Å². The SMILES string of the molecule is Cc1ccc(CNCC2(C)CCCCC2)cc1F. The van der Waals surface area contributed by atoms with Crippen molar-refractivity contribution in [3.63, 3.8) is 0 Å². The molecule has 100 valence electrons. The summed E-state index contributed by atoms with van der Waals surface area (Å²) >= 11 is 0. The van der Waals surface area contributed by atoms with Crippen molar-refractivity contribution in [1.82, 2.24) is 5.32 Å². The Kier molecular flexibility index (Phi) is 4.39. The van der Waals surface area contributed by atoms with Crippen LogP contribution < -0.4 is 5.32 Å². The largest absolute Gasteiger partial charge is 0.312 e. The van der Waals surface area contributed by atoms with Crippen LogP contribution in [0.2, 0.25) is 0 Å². The van der Waals surface area contributed by atoms with Crippen molar-refractivity contribution in [3.8, 4) is 0 Å². The molecule has 0 atom stereocenters. The zero-order valence-corrected chi connectivity index (χ0v) is 11.6. The van der Waals surface area contributed by atoms with Crippen molar-refractivity contribution >= 4 is 0 Å². The van der Waals surface area contributed by atoms with Gasteiger partial charge >= 0.3 is 0 Å². The van der Waals surface area contributed by atoms with Gasteiger partial charge in [-0.2, -0.15) is 0 Å². The third kappa shape index (κ3) is 3.55. The molecule has 0 spiro atoms. The molecule has 0 aliphatic heterocycles.